The molecule has 142 valence electrons. The first-order chi connectivity index (χ1) is 13.1. The first-order valence-corrected chi connectivity index (χ1v) is 10.8. The lowest BCUT2D eigenvalue weighted by Gasteiger charge is -2.55. The summed E-state index contributed by atoms with van der Waals surface area (Å²) in [6.45, 7) is 0.469. The van der Waals surface area contributed by atoms with E-state index < -0.39 is 0 Å². The van der Waals surface area contributed by atoms with Crippen LogP contribution in [0.25, 0.3) is 10.2 Å². The second kappa shape index (κ2) is 6.59. The van der Waals surface area contributed by atoms with Crippen molar-refractivity contribution in [3.05, 3.63) is 29.3 Å². The van der Waals surface area contributed by atoms with E-state index in [2.05, 4.69) is 15.6 Å². The summed E-state index contributed by atoms with van der Waals surface area (Å²) in [6, 6.07) is 7.96. The molecule has 2 amide bonds. The average molecular weight is 384 g/mol. The van der Waals surface area contributed by atoms with Gasteiger partial charge in [0.25, 0.3) is 0 Å². The van der Waals surface area contributed by atoms with Gasteiger partial charge in [-0.15, -0.1) is 11.3 Å². The molecule has 1 heterocycles. The minimum absolute atomic E-state index is 0.0610. The lowest BCUT2D eigenvalue weighted by atomic mass is 9.49. The SMILES string of the molecule is O=C(CNC(=O)C12CC3CC(CC(C3)C1)C2)NCc1nc2ccccc2s1. The zero-order valence-corrected chi connectivity index (χ0v) is 16.2. The number of rotatable bonds is 5. The fraction of sp³-hybridized carbons (Fsp3) is 0.571. The molecule has 5 nitrogen and oxygen atoms in total. The third-order valence-electron chi connectivity index (χ3n) is 6.70. The molecule has 0 unspecified atom stereocenters. The van der Waals surface area contributed by atoms with Gasteiger partial charge in [0.1, 0.15) is 5.01 Å². The van der Waals surface area contributed by atoms with Crippen LogP contribution in [0, 0.1) is 23.2 Å². The van der Waals surface area contributed by atoms with Crippen LogP contribution < -0.4 is 10.6 Å². The summed E-state index contributed by atoms with van der Waals surface area (Å²) in [7, 11) is 0. The molecule has 1 aromatic carbocycles. The number of carbonyl (C=O) groups is 2. The monoisotopic (exact) mass is 383 g/mol. The first-order valence-electron chi connectivity index (χ1n) is 9.99. The highest BCUT2D eigenvalue weighted by molar-refractivity contribution is 7.18. The molecule has 4 aliphatic rings. The van der Waals surface area contributed by atoms with E-state index >= 15 is 0 Å². The van der Waals surface area contributed by atoms with Crippen LogP contribution in [0.4, 0.5) is 0 Å². The quantitative estimate of drug-likeness (QED) is 0.833. The predicted molar refractivity (Wildman–Crippen MR) is 105 cm³/mol. The summed E-state index contributed by atoms with van der Waals surface area (Å²) in [4.78, 5) is 29.6. The highest BCUT2D eigenvalue weighted by Crippen LogP contribution is 2.60. The maximum Gasteiger partial charge on any atom is 0.239 e. The van der Waals surface area contributed by atoms with Crippen molar-refractivity contribution in [3.63, 3.8) is 0 Å². The maximum absolute atomic E-state index is 12.9. The Labute approximate surface area is 162 Å². The van der Waals surface area contributed by atoms with Gasteiger partial charge in [0, 0.05) is 5.41 Å². The number of benzene rings is 1. The van der Waals surface area contributed by atoms with E-state index in [-0.39, 0.29) is 23.8 Å². The maximum atomic E-state index is 12.9. The van der Waals surface area contributed by atoms with Crippen LogP contribution in [0.1, 0.15) is 43.5 Å². The molecule has 1 aromatic heterocycles. The number of nitrogens with zero attached hydrogens (tertiary/aromatic N) is 1. The van der Waals surface area contributed by atoms with E-state index in [4.69, 9.17) is 0 Å². The number of hydrogen-bond donors (Lipinski definition) is 2. The molecule has 6 rings (SSSR count). The van der Waals surface area contributed by atoms with Crippen molar-refractivity contribution in [3.8, 4) is 0 Å². The number of nitrogens with one attached hydrogen (secondary N) is 2. The Morgan fingerprint density at radius 2 is 1.70 bits per heavy atom. The van der Waals surface area contributed by atoms with Gasteiger partial charge in [-0.1, -0.05) is 12.1 Å². The molecule has 4 bridgehead atoms. The van der Waals surface area contributed by atoms with Gasteiger partial charge in [-0.3, -0.25) is 9.59 Å². The van der Waals surface area contributed by atoms with Crippen molar-refractivity contribution in [1.82, 2.24) is 15.6 Å². The summed E-state index contributed by atoms with van der Waals surface area (Å²) in [5, 5.41) is 6.70. The third-order valence-corrected chi connectivity index (χ3v) is 7.74. The van der Waals surface area contributed by atoms with Crippen LogP contribution in [0.5, 0.6) is 0 Å². The van der Waals surface area contributed by atoms with E-state index in [9.17, 15) is 9.59 Å². The Morgan fingerprint density at radius 1 is 1.04 bits per heavy atom. The number of para-hydroxylation sites is 1. The summed E-state index contributed by atoms with van der Waals surface area (Å²) in [6.07, 6.45) is 7.02. The van der Waals surface area contributed by atoms with E-state index in [1.807, 2.05) is 24.3 Å². The van der Waals surface area contributed by atoms with Gasteiger partial charge < -0.3 is 10.6 Å². The smallest absolute Gasteiger partial charge is 0.239 e. The molecule has 2 aromatic rings. The van der Waals surface area contributed by atoms with Crippen LogP contribution >= 0.6 is 11.3 Å². The van der Waals surface area contributed by atoms with Crippen LogP contribution in [0.3, 0.4) is 0 Å². The van der Waals surface area contributed by atoms with E-state index in [1.165, 1.54) is 19.3 Å². The van der Waals surface area contributed by atoms with Crippen molar-refractivity contribution >= 4 is 33.4 Å². The van der Waals surface area contributed by atoms with Crippen LogP contribution in [-0.2, 0) is 16.1 Å². The number of amides is 2. The Hall–Kier alpha value is -1.95. The topological polar surface area (TPSA) is 71.1 Å². The zero-order chi connectivity index (χ0) is 18.4. The molecule has 27 heavy (non-hydrogen) atoms. The summed E-state index contributed by atoms with van der Waals surface area (Å²) in [5.41, 5.74) is 0.768. The molecule has 4 aliphatic carbocycles. The highest BCUT2D eigenvalue weighted by atomic mass is 32.1. The van der Waals surface area contributed by atoms with Gasteiger partial charge in [0.05, 0.1) is 23.3 Å². The van der Waals surface area contributed by atoms with Gasteiger partial charge in [-0.2, -0.15) is 0 Å². The van der Waals surface area contributed by atoms with E-state index in [0.29, 0.717) is 6.54 Å². The lowest BCUT2D eigenvalue weighted by molar-refractivity contribution is -0.147. The van der Waals surface area contributed by atoms with Crippen LogP contribution in [0.15, 0.2) is 24.3 Å². The molecule has 0 saturated heterocycles. The standard InChI is InChI=1S/C21H25N3O2S/c25-18(22-12-19-24-16-3-1-2-4-17(16)27-19)11-23-20(26)21-8-13-5-14(9-21)7-15(6-13)10-21/h1-4,13-15H,5-12H2,(H,22,25)(H,23,26). The van der Waals surface area contributed by atoms with Gasteiger partial charge >= 0.3 is 0 Å². The Kier molecular flexibility index (Phi) is 4.19. The summed E-state index contributed by atoms with van der Waals surface area (Å²) < 4.78 is 1.12. The number of hydrogen-bond acceptors (Lipinski definition) is 4. The average Bonchev–Trinajstić information content (AvgIpc) is 3.06. The lowest BCUT2D eigenvalue weighted by Crippen LogP contribution is -2.54. The number of aromatic nitrogens is 1. The zero-order valence-electron chi connectivity index (χ0n) is 15.4. The van der Waals surface area contributed by atoms with Crippen molar-refractivity contribution in [2.24, 2.45) is 23.2 Å². The molecule has 6 heteroatoms. The number of carbonyl (C=O) groups excluding carboxylic acids is 2. The first kappa shape index (κ1) is 17.2. The van der Waals surface area contributed by atoms with Gasteiger partial charge in [0.15, 0.2) is 0 Å². The molecule has 4 fully saturated rings. The fourth-order valence-corrected chi connectivity index (χ4v) is 6.88. The second-order valence-electron chi connectivity index (χ2n) is 8.73. The normalized spacial score (nSPS) is 31.2. The fourth-order valence-electron chi connectivity index (χ4n) is 5.97. The van der Waals surface area contributed by atoms with Crippen molar-refractivity contribution in [2.75, 3.05) is 6.54 Å². The third kappa shape index (κ3) is 3.24. The van der Waals surface area contributed by atoms with Gasteiger partial charge in [-0.25, -0.2) is 4.98 Å². The number of thiazole rings is 1. The van der Waals surface area contributed by atoms with Crippen molar-refractivity contribution < 1.29 is 9.59 Å². The summed E-state index contributed by atoms with van der Waals surface area (Å²) in [5.74, 6) is 2.16. The molecule has 0 atom stereocenters. The van der Waals surface area contributed by atoms with E-state index in [0.717, 1.165) is 52.2 Å². The Bertz CT molecular complexity index is 822. The largest absolute Gasteiger partial charge is 0.348 e. The Balaban J connectivity index is 1.14. The number of fused-ring (bicyclic) bond motifs is 1. The van der Waals surface area contributed by atoms with Crippen molar-refractivity contribution in [2.45, 2.75) is 45.1 Å². The molecule has 0 radical (unpaired) electrons. The van der Waals surface area contributed by atoms with Gasteiger partial charge in [0.2, 0.25) is 11.8 Å². The minimum Gasteiger partial charge on any atom is -0.348 e. The van der Waals surface area contributed by atoms with Crippen LogP contribution in [0.2, 0.25) is 0 Å². The molecule has 0 spiro atoms. The highest BCUT2D eigenvalue weighted by Gasteiger charge is 2.54. The van der Waals surface area contributed by atoms with Crippen molar-refractivity contribution in [1.29, 1.82) is 0 Å². The van der Waals surface area contributed by atoms with Crippen LogP contribution in [-0.4, -0.2) is 23.3 Å². The molecule has 4 saturated carbocycles. The molecular weight excluding hydrogens is 358 g/mol. The second-order valence-corrected chi connectivity index (χ2v) is 9.85. The predicted octanol–water partition coefficient (Wildman–Crippen LogP) is 3.25. The molecule has 2 N–H and O–H groups in total. The molecular formula is C21H25N3O2S. The van der Waals surface area contributed by atoms with Gasteiger partial charge in [-0.05, 0) is 68.4 Å². The van der Waals surface area contributed by atoms with E-state index in [1.54, 1.807) is 11.3 Å². The summed E-state index contributed by atoms with van der Waals surface area (Å²) >= 11 is 1.59. The Morgan fingerprint density at radius 3 is 2.37 bits per heavy atom. The minimum atomic E-state index is -0.192. The molecule has 0 aliphatic heterocycles.